The van der Waals surface area contributed by atoms with Crippen LogP contribution in [-0.4, -0.2) is 25.7 Å². The van der Waals surface area contributed by atoms with Crippen LogP contribution in [0.15, 0.2) is 18.2 Å². The maximum absolute atomic E-state index is 13.6. The second-order valence-corrected chi connectivity index (χ2v) is 5.75. The zero-order chi connectivity index (χ0) is 14.5. The first-order valence-corrected chi connectivity index (χ1v) is 7.28. The molecule has 0 radical (unpaired) electrons. The molecule has 0 bridgehead atoms. The molecule has 2 rings (SSSR count). The molecule has 0 spiro atoms. The summed E-state index contributed by atoms with van der Waals surface area (Å²) in [5.41, 5.74) is 1.20. The minimum atomic E-state index is -0.338. The summed E-state index contributed by atoms with van der Waals surface area (Å²) in [7, 11) is 0. The minimum Gasteiger partial charge on any atom is -0.369 e. The Morgan fingerprint density at radius 2 is 2.05 bits per heavy atom. The third-order valence-electron chi connectivity index (χ3n) is 3.88. The minimum absolute atomic E-state index is 0.290. The number of hydrogen-bond donors (Lipinski definition) is 1. The Hall–Kier alpha value is -1.60. The second-order valence-electron chi connectivity index (χ2n) is 5.75. The molecule has 1 aromatic carbocycles. The van der Waals surface area contributed by atoms with Gasteiger partial charge in [0.25, 0.3) is 0 Å². The summed E-state index contributed by atoms with van der Waals surface area (Å²) in [6.45, 7) is 7.26. The fraction of sp³-hybridized carbons (Fsp3) is 0.562. The van der Waals surface area contributed by atoms with Crippen LogP contribution in [0.2, 0.25) is 0 Å². The molecule has 1 N–H and O–H groups in total. The molecule has 1 saturated heterocycles. The van der Waals surface area contributed by atoms with Crippen LogP contribution >= 0.6 is 0 Å². The highest BCUT2D eigenvalue weighted by molar-refractivity contribution is 5.52. The van der Waals surface area contributed by atoms with E-state index in [1.165, 1.54) is 12.1 Å². The Morgan fingerprint density at radius 1 is 1.35 bits per heavy atom. The van der Waals surface area contributed by atoms with E-state index in [-0.39, 0.29) is 5.82 Å². The molecule has 0 amide bonds. The standard InChI is InChI=1S/C16H22FN3/c1-12(2)20(11-13-3-5-19-6-4-13)16-8-14(10-18)7-15(17)9-16/h7-9,12-13,19H,3-6,11H2,1-2H3. The van der Waals surface area contributed by atoms with Gasteiger partial charge in [0, 0.05) is 18.3 Å². The first-order valence-electron chi connectivity index (χ1n) is 7.28. The Kier molecular flexibility index (Phi) is 4.97. The summed E-state index contributed by atoms with van der Waals surface area (Å²) in [6.07, 6.45) is 2.31. The maximum Gasteiger partial charge on any atom is 0.126 e. The van der Waals surface area contributed by atoms with E-state index < -0.39 is 0 Å². The Balaban J connectivity index is 2.19. The van der Waals surface area contributed by atoms with Crippen LogP contribution in [0.5, 0.6) is 0 Å². The number of halogens is 1. The van der Waals surface area contributed by atoms with Crippen LogP contribution < -0.4 is 10.2 Å². The van der Waals surface area contributed by atoms with Crippen molar-refractivity contribution >= 4 is 5.69 Å². The predicted octanol–water partition coefficient (Wildman–Crippen LogP) is 2.91. The number of anilines is 1. The second kappa shape index (κ2) is 6.71. The van der Waals surface area contributed by atoms with E-state index >= 15 is 0 Å². The number of rotatable bonds is 4. The van der Waals surface area contributed by atoms with E-state index in [9.17, 15) is 4.39 Å². The lowest BCUT2D eigenvalue weighted by molar-refractivity contribution is 0.367. The van der Waals surface area contributed by atoms with E-state index in [1.807, 2.05) is 6.07 Å². The summed E-state index contributed by atoms with van der Waals surface area (Å²) in [5.74, 6) is 0.294. The van der Waals surface area contributed by atoms with Crippen molar-refractivity contribution in [1.29, 1.82) is 5.26 Å². The van der Waals surface area contributed by atoms with Gasteiger partial charge < -0.3 is 10.2 Å². The summed E-state index contributed by atoms with van der Waals surface area (Å²) in [6, 6.07) is 6.91. The lowest BCUT2D eigenvalue weighted by Gasteiger charge is -2.34. The van der Waals surface area contributed by atoms with E-state index in [4.69, 9.17) is 5.26 Å². The SMILES string of the molecule is CC(C)N(CC1CCNCC1)c1cc(F)cc(C#N)c1. The van der Waals surface area contributed by atoms with E-state index in [1.54, 1.807) is 6.07 Å². The first-order chi connectivity index (χ1) is 9.60. The quantitative estimate of drug-likeness (QED) is 0.918. The molecule has 108 valence electrons. The molecule has 1 fully saturated rings. The van der Waals surface area contributed by atoms with Crippen molar-refractivity contribution < 1.29 is 4.39 Å². The van der Waals surface area contributed by atoms with Gasteiger partial charge in [-0.3, -0.25) is 0 Å². The van der Waals surface area contributed by atoms with Gasteiger partial charge in [-0.1, -0.05) is 0 Å². The monoisotopic (exact) mass is 275 g/mol. The van der Waals surface area contributed by atoms with Gasteiger partial charge in [0.05, 0.1) is 11.6 Å². The molecule has 0 unspecified atom stereocenters. The molecule has 1 heterocycles. The average molecular weight is 275 g/mol. The van der Waals surface area contributed by atoms with Gasteiger partial charge in [0.15, 0.2) is 0 Å². The average Bonchev–Trinajstić information content (AvgIpc) is 2.44. The van der Waals surface area contributed by atoms with Crippen LogP contribution in [0.3, 0.4) is 0 Å². The van der Waals surface area contributed by atoms with E-state index in [0.29, 0.717) is 17.5 Å². The zero-order valence-corrected chi connectivity index (χ0v) is 12.2. The molecule has 0 saturated carbocycles. The van der Waals surface area contributed by atoms with Crippen molar-refractivity contribution in [3.8, 4) is 6.07 Å². The lowest BCUT2D eigenvalue weighted by Crippen LogP contribution is -2.39. The van der Waals surface area contributed by atoms with Crippen molar-refractivity contribution in [3.63, 3.8) is 0 Å². The van der Waals surface area contributed by atoms with Crippen molar-refractivity contribution in [3.05, 3.63) is 29.6 Å². The molecule has 3 nitrogen and oxygen atoms in total. The third-order valence-corrected chi connectivity index (χ3v) is 3.88. The highest BCUT2D eigenvalue weighted by Gasteiger charge is 2.20. The van der Waals surface area contributed by atoms with Crippen LogP contribution in [0.4, 0.5) is 10.1 Å². The number of benzene rings is 1. The summed E-state index contributed by atoms with van der Waals surface area (Å²) in [5, 5.41) is 12.3. The first kappa shape index (κ1) is 14.8. The molecule has 0 aliphatic carbocycles. The van der Waals surface area contributed by atoms with Gasteiger partial charge >= 0.3 is 0 Å². The molecule has 1 aliphatic heterocycles. The Morgan fingerprint density at radius 3 is 2.65 bits per heavy atom. The normalized spacial score (nSPS) is 16.1. The molecule has 1 aliphatic rings. The van der Waals surface area contributed by atoms with Crippen LogP contribution in [0.1, 0.15) is 32.3 Å². The fourth-order valence-corrected chi connectivity index (χ4v) is 2.76. The summed E-state index contributed by atoms with van der Waals surface area (Å²) < 4.78 is 13.6. The van der Waals surface area contributed by atoms with E-state index in [2.05, 4.69) is 24.1 Å². The molecule has 20 heavy (non-hydrogen) atoms. The molecular weight excluding hydrogens is 253 g/mol. The molecule has 0 aromatic heterocycles. The van der Waals surface area contributed by atoms with Crippen LogP contribution in [0.25, 0.3) is 0 Å². The fourth-order valence-electron chi connectivity index (χ4n) is 2.76. The summed E-state index contributed by atoms with van der Waals surface area (Å²) >= 11 is 0. The van der Waals surface area contributed by atoms with Gasteiger partial charge in [-0.2, -0.15) is 5.26 Å². The number of hydrogen-bond acceptors (Lipinski definition) is 3. The molecule has 1 aromatic rings. The highest BCUT2D eigenvalue weighted by atomic mass is 19.1. The molecular formula is C16H22FN3. The van der Waals surface area contributed by atoms with E-state index in [0.717, 1.165) is 38.2 Å². The number of piperidine rings is 1. The Bertz CT molecular complexity index is 487. The van der Waals surface area contributed by atoms with Crippen molar-refractivity contribution in [2.24, 2.45) is 5.92 Å². The van der Waals surface area contributed by atoms with Crippen molar-refractivity contribution in [1.82, 2.24) is 5.32 Å². The van der Waals surface area contributed by atoms with Gasteiger partial charge in [-0.25, -0.2) is 4.39 Å². The Labute approximate surface area is 120 Å². The van der Waals surface area contributed by atoms with Crippen molar-refractivity contribution in [2.75, 3.05) is 24.5 Å². The van der Waals surface area contributed by atoms with Crippen LogP contribution in [0, 0.1) is 23.1 Å². The number of nitrogens with zero attached hydrogens (tertiary/aromatic N) is 2. The van der Waals surface area contributed by atoms with Gasteiger partial charge in [-0.15, -0.1) is 0 Å². The maximum atomic E-state index is 13.6. The highest BCUT2D eigenvalue weighted by Crippen LogP contribution is 2.24. The topological polar surface area (TPSA) is 39.1 Å². The summed E-state index contributed by atoms with van der Waals surface area (Å²) in [4.78, 5) is 2.21. The molecule has 0 atom stereocenters. The third kappa shape index (κ3) is 3.71. The van der Waals surface area contributed by atoms with Gasteiger partial charge in [0.1, 0.15) is 5.82 Å². The molecule has 4 heteroatoms. The zero-order valence-electron chi connectivity index (χ0n) is 12.2. The van der Waals surface area contributed by atoms with Crippen molar-refractivity contribution in [2.45, 2.75) is 32.7 Å². The van der Waals surface area contributed by atoms with Gasteiger partial charge in [-0.05, 0) is 63.9 Å². The van der Waals surface area contributed by atoms with Gasteiger partial charge in [0.2, 0.25) is 0 Å². The lowest BCUT2D eigenvalue weighted by atomic mass is 9.96. The van der Waals surface area contributed by atoms with Crippen LogP contribution in [-0.2, 0) is 0 Å². The number of nitrogens with one attached hydrogen (secondary N) is 1. The smallest absolute Gasteiger partial charge is 0.126 e. The number of nitriles is 1. The largest absolute Gasteiger partial charge is 0.369 e. The predicted molar refractivity (Wildman–Crippen MR) is 79.2 cm³/mol.